The predicted octanol–water partition coefficient (Wildman–Crippen LogP) is 4.16. The van der Waals surface area contributed by atoms with Crippen LogP contribution in [0.25, 0.3) is 0 Å². The standard InChI is InChI=1S/C20H25N3O2/c21-20(22-13-12-17-8-4-5-14-24-17)23-16-7-6-11-19(15-16)25-18-9-2-1-3-10-18/h1-3,6-7,9-11,15,17H,4-5,8,12-14H2,(H3,21,22,23). The number of nitrogens with one attached hydrogen (secondary N) is 1. The summed E-state index contributed by atoms with van der Waals surface area (Å²) in [5.74, 6) is 1.96. The number of hydrogen-bond donors (Lipinski definition) is 2. The van der Waals surface area contributed by atoms with E-state index in [4.69, 9.17) is 15.2 Å². The van der Waals surface area contributed by atoms with Gasteiger partial charge in [-0.2, -0.15) is 0 Å². The summed E-state index contributed by atoms with van der Waals surface area (Å²) in [5.41, 5.74) is 6.83. The van der Waals surface area contributed by atoms with Crippen molar-refractivity contribution in [3.05, 3.63) is 54.6 Å². The van der Waals surface area contributed by atoms with E-state index in [1.807, 2.05) is 54.6 Å². The molecule has 25 heavy (non-hydrogen) atoms. The molecule has 3 rings (SSSR count). The Kier molecular flexibility index (Phi) is 6.29. The molecule has 5 heteroatoms. The Morgan fingerprint density at radius 1 is 1.12 bits per heavy atom. The molecule has 0 aliphatic carbocycles. The Bertz CT molecular complexity index is 682. The largest absolute Gasteiger partial charge is 0.457 e. The smallest absolute Gasteiger partial charge is 0.193 e. The highest BCUT2D eigenvalue weighted by molar-refractivity contribution is 5.92. The topological polar surface area (TPSA) is 68.9 Å². The van der Waals surface area contributed by atoms with Gasteiger partial charge >= 0.3 is 0 Å². The molecule has 1 aliphatic heterocycles. The van der Waals surface area contributed by atoms with E-state index >= 15 is 0 Å². The highest BCUT2D eigenvalue weighted by Crippen LogP contribution is 2.23. The van der Waals surface area contributed by atoms with Gasteiger partial charge in [-0.1, -0.05) is 24.3 Å². The summed E-state index contributed by atoms with van der Waals surface area (Å²) in [4.78, 5) is 4.39. The summed E-state index contributed by atoms with van der Waals surface area (Å²) in [6.45, 7) is 1.54. The molecule has 1 aliphatic rings. The minimum atomic E-state index is 0.327. The number of benzene rings is 2. The van der Waals surface area contributed by atoms with Gasteiger partial charge in [-0.15, -0.1) is 0 Å². The monoisotopic (exact) mass is 339 g/mol. The molecule has 1 saturated heterocycles. The zero-order valence-corrected chi connectivity index (χ0v) is 14.4. The predicted molar refractivity (Wildman–Crippen MR) is 101 cm³/mol. The van der Waals surface area contributed by atoms with E-state index in [1.165, 1.54) is 12.8 Å². The summed E-state index contributed by atoms with van der Waals surface area (Å²) in [6.07, 6.45) is 4.79. The number of hydrogen-bond acceptors (Lipinski definition) is 3. The van der Waals surface area contributed by atoms with Crippen LogP contribution in [0.4, 0.5) is 5.69 Å². The van der Waals surface area contributed by atoms with Gasteiger partial charge in [-0.05, 0) is 49.9 Å². The zero-order valence-electron chi connectivity index (χ0n) is 14.4. The molecule has 2 aromatic rings. The fourth-order valence-corrected chi connectivity index (χ4v) is 2.81. The van der Waals surface area contributed by atoms with Gasteiger partial charge in [0, 0.05) is 24.9 Å². The fourth-order valence-electron chi connectivity index (χ4n) is 2.81. The molecule has 0 amide bonds. The van der Waals surface area contributed by atoms with E-state index < -0.39 is 0 Å². The van der Waals surface area contributed by atoms with Gasteiger partial charge in [-0.25, -0.2) is 0 Å². The molecule has 1 fully saturated rings. The summed E-state index contributed by atoms with van der Waals surface area (Å²) in [7, 11) is 0. The van der Waals surface area contributed by atoms with Crippen molar-refractivity contribution >= 4 is 11.6 Å². The van der Waals surface area contributed by atoms with Crippen LogP contribution in [-0.4, -0.2) is 25.2 Å². The molecule has 2 aromatic carbocycles. The van der Waals surface area contributed by atoms with Gasteiger partial charge in [0.2, 0.25) is 0 Å². The second-order valence-corrected chi connectivity index (χ2v) is 6.11. The molecule has 132 valence electrons. The number of para-hydroxylation sites is 1. The number of nitrogens with two attached hydrogens (primary N) is 1. The highest BCUT2D eigenvalue weighted by atomic mass is 16.5. The third kappa shape index (κ3) is 5.80. The number of ether oxygens (including phenoxy) is 2. The van der Waals surface area contributed by atoms with Gasteiger partial charge in [0.1, 0.15) is 11.5 Å². The van der Waals surface area contributed by atoms with Crippen LogP contribution in [0.15, 0.2) is 59.6 Å². The minimum absolute atomic E-state index is 0.327. The summed E-state index contributed by atoms with van der Waals surface area (Å²) >= 11 is 0. The van der Waals surface area contributed by atoms with Crippen LogP contribution in [0.3, 0.4) is 0 Å². The molecule has 0 bridgehead atoms. The maximum Gasteiger partial charge on any atom is 0.193 e. The van der Waals surface area contributed by atoms with Crippen LogP contribution in [0.5, 0.6) is 11.5 Å². The van der Waals surface area contributed by atoms with Crippen LogP contribution in [0.1, 0.15) is 25.7 Å². The van der Waals surface area contributed by atoms with Crippen molar-refractivity contribution in [3.8, 4) is 11.5 Å². The van der Waals surface area contributed by atoms with Crippen LogP contribution in [0, 0.1) is 0 Å². The number of nitrogens with zero attached hydrogens (tertiary/aromatic N) is 1. The van der Waals surface area contributed by atoms with E-state index in [2.05, 4.69) is 10.3 Å². The SMILES string of the molecule is NC(=NCCC1CCCCO1)Nc1cccc(Oc2ccccc2)c1. The first-order chi connectivity index (χ1) is 12.3. The third-order valence-electron chi connectivity index (χ3n) is 4.09. The van der Waals surface area contributed by atoms with E-state index in [1.54, 1.807) is 0 Å². The Hall–Kier alpha value is -2.53. The molecular formula is C20H25N3O2. The maximum absolute atomic E-state index is 5.98. The minimum Gasteiger partial charge on any atom is -0.457 e. The van der Waals surface area contributed by atoms with E-state index in [9.17, 15) is 0 Å². The average molecular weight is 339 g/mol. The van der Waals surface area contributed by atoms with Crippen molar-refractivity contribution in [2.24, 2.45) is 10.7 Å². The quantitative estimate of drug-likeness (QED) is 0.612. The molecule has 1 atom stereocenters. The van der Waals surface area contributed by atoms with Crippen molar-refractivity contribution < 1.29 is 9.47 Å². The number of anilines is 1. The van der Waals surface area contributed by atoms with E-state index in [-0.39, 0.29) is 0 Å². The molecule has 0 spiro atoms. The highest BCUT2D eigenvalue weighted by Gasteiger charge is 2.12. The molecule has 3 N–H and O–H groups in total. The first-order valence-corrected chi connectivity index (χ1v) is 8.81. The Balaban J connectivity index is 1.51. The van der Waals surface area contributed by atoms with Gasteiger partial charge in [0.15, 0.2) is 5.96 Å². The van der Waals surface area contributed by atoms with E-state index in [0.717, 1.165) is 36.6 Å². The van der Waals surface area contributed by atoms with Crippen molar-refractivity contribution in [3.63, 3.8) is 0 Å². The maximum atomic E-state index is 5.98. The Labute approximate surface area is 148 Å². The number of guanidine groups is 1. The fraction of sp³-hybridized carbons (Fsp3) is 0.350. The van der Waals surface area contributed by atoms with Gasteiger partial charge in [-0.3, -0.25) is 4.99 Å². The zero-order chi connectivity index (χ0) is 17.3. The van der Waals surface area contributed by atoms with Crippen LogP contribution < -0.4 is 15.8 Å². The summed E-state index contributed by atoms with van der Waals surface area (Å²) < 4.78 is 11.5. The first-order valence-electron chi connectivity index (χ1n) is 8.81. The van der Waals surface area contributed by atoms with E-state index in [0.29, 0.717) is 18.6 Å². The van der Waals surface area contributed by atoms with Crippen molar-refractivity contribution in [2.75, 3.05) is 18.5 Å². The van der Waals surface area contributed by atoms with Gasteiger partial charge < -0.3 is 20.5 Å². The van der Waals surface area contributed by atoms with Crippen LogP contribution >= 0.6 is 0 Å². The molecule has 0 radical (unpaired) electrons. The lowest BCUT2D eigenvalue weighted by Crippen LogP contribution is -2.24. The first kappa shape index (κ1) is 17.3. The normalized spacial score (nSPS) is 17.9. The number of rotatable bonds is 6. The van der Waals surface area contributed by atoms with Gasteiger partial charge in [0.05, 0.1) is 6.10 Å². The average Bonchev–Trinajstić information content (AvgIpc) is 2.64. The summed E-state index contributed by atoms with van der Waals surface area (Å²) in [5, 5.41) is 3.11. The molecule has 0 saturated carbocycles. The molecular weight excluding hydrogens is 314 g/mol. The van der Waals surface area contributed by atoms with Crippen LogP contribution in [0.2, 0.25) is 0 Å². The molecule has 1 unspecified atom stereocenters. The lowest BCUT2D eigenvalue weighted by atomic mass is 10.1. The lowest BCUT2D eigenvalue weighted by Gasteiger charge is -2.21. The second kappa shape index (κ2) is 9.08. The summed E-state index contributed by atoms with van der Waals surface area (Å²) in [6, 6.07) is 17.4. The third-order valence-corrected chi connectivity index (χ3v) is 4.09. The Morgan fingerprint density at radius 2 is 1.96 bits per heavy atom. The van der Waals surface area contributed by atoms with Crippen molar-refractivity contribution in [1.29, 1.82) is 0 Å². The van der Waals surface area contributed by atoms with Crippen LogP contribution in [-0.2, 0) is 4.74 Å². The Morgan fingerprint density at radius 3 is 2.76 bits per heavy atom. The van der Waals surface area contributed by atoms with Crippen molar-refractivity contribution in [2.45, 2.75) is 31.8 Å². The molecule has 0 aromatic heterocycles. The number of aliphatic imine (C=N–C) groups is 1. The molecule has 5 nitrogen and oxygen atoms in total. The second-order valence-electron chi connectivity index (χ2n) is 6.11. The molecule has 1 heterocycles. The van der Waals surface area contributed by atoms with Crippen molar-refractivity contribution in [1.82, 2.24) is 0 Å². The van der Waals surface area contributed by atoms with Gasteiger partial charge in [0.25, 0.3) is 0 Å². The lowest BCUT2D eigenvalue weighted by molar-refractivity contribution is 0.0129.